The average molecular weight is 315 g/mol. The Hall–Kier alpha value is -1.11. The summed E-state index contributed by atoms with van der Waals surface area (Å²) in [7, 11) is -1.45. The summed E-state index contributed by atoms with van der Waals surface area (Å²) < 4.78 is 33.6. The molecule has 0 fully saturated rings. The summed E-state index contributed by atoms with van der Waals surface area (Å²) in [5.41, 5.74) is 0.936. The fourth-order valence-electron chi connectivity index (χ4n) is 1.75. The van der Waals surface area contributed by atoms with Gasteiger partial charge in [0, 0.05) is 25.9 Å². The van der Waals surface area contributed by atoms with Crippen molar-refractivity contribution in [3.8, 4) is 0 Å². The summed E-state index contributed by atoms with van der Waals surface area (Å²) in [6.45, 7) is 4.49. The summed E-state index contributed by atoms with van der Waals surface area (Å²) in [5.74, 6) is 0.128. The first kappa shape index (κ1) is 17.9. The molecule has 1 N–H and O–H groups in total. The normalized spacial score (nSPS) is 11.5. The third-order valence-electron chi connectivity index (χ3n) is 3.07. The van der Waals surface area contributed by atoms with Crippen LogP contribution in [0.3, 0.4) is 0 Å². The third-order valence-corrected chi connectivity index (χ3v) is 4.82. The predicted octanol–water partition coefficient (Wildman–Crippen LogP) is 2.34. The van der Waals surface area contributed by atoms with Gasteiger partial charge in [0.15, 0.2) is 9.84 Å². The minimum atomic E-state index is -3.11. The highest BCUT2D eigenvalue weighted by molar-refractivity contribution is 7.91. The van der Waals surface area contributed by atoms with Crippen LogP contribution in [-0.4, -0.2) is 47.6 Å². The number of ether oxygens (including phenoxy) is 2. The molecular weight excluding hydrogens is 290 g/mol. The molecule has 0 aliphatic heterocycles. The summed E-state index contributed by atoms with van der Waals surface area (Å²) >= 11 is 0. The lowest BCUT2D eigenvalue weighted by molar-refractivity contribution is 0.0691. The highest BCUT2D eigenvalue weighted by atomic mass is 32.2. The zero-order chi connectivity index (χ0) is 15.6. The van der Waals surface area contributed by atoms with E-state index in [9.17, 15) is 8.42 Å². The molecule has 0 aliphatic carbocycles. The van der Waals surface area contributed by atoms with Gasteiger partial charge in [-0.25, -0.2) is 8.42 Å². The van der Waals surface area contributed by atoms with E-state index >= 15 is 0 Å². The van der Waals surface area contributed by atoms with E-state index in [1.807, 2.05) is 0 Å². The monoisotopic (exact) mass is 315 g/mol. The highest BCUT2D eigenvalue weighted by Gasteiger charge is 2.10. The van der Waals surface area contributed by atoms with Crippen molar-refractivity contribution in [3.05, 3.63) is 24.3 Å². The van der Waals surface area contributed by atoms with Crippen molar-refractivity contribution in [3.63, 3.8) is 0 Å². The van der Waals surface area contributed by atoms with E-state index in [-0.39, 0.29) is 5.75 Å². The molecular formula is C15H25NO4S. The van der Waals surface area contributed by atoms with E-state index in [0.717, 1.165) is 31.7 Å². The second-order valence-corrected chi connectivity index (χ2v) is 6.95. The van der Waals surface area contributed by atoms with Gasteiger partial charge in [-0.15, -0.1) is 0 Å². The molecule has 0 spiro atoms. The molecule has 0 heterocycles. The molecule has 120 valence electrons. The summed E-state index contributed by atoms with van der Waals surface area (Å²) in [5, 5.41) is 3.27. The van der Waals surface area contributed by atoms with Crippen molar-refractivity contribution in [2.45, 2.75) is 24.7 Å². The van der Waals surface area contributed by atoms with Crippen LogP contribution in [0.25, 0.3) is 0 Å². The number of rotatable bonds is 11. The lowest BCUT2D eigenvalue weighted by Gasteiger charge is -2.08. The zero-order valence-electron chi connectivity index (χ0n) is 12.8. The Morgan fingerprint density at radius 1 is 1.05 bits per heavy atom. The quantitative estimate of drug-likeness (QED) is 0.635. The first-order chi connectivity index (χ1) is 10.1. The molecule has 21 heavy (non-hydrogen) atoms. The largest absolute Gasteiger partial charge is 0.385 e. The summed E-state index contributed by atoms with van der Waals surface area (Å²) in [6, 6.07) is 6.90. The maximum atomic E-state index is 11.7. The number of nitrogens with one attached hydrogen (secondary N) is 1. The fraction of sp³-hybridized carbons (Fsp3) is 0.600. The number of sulfone groups is 1. The summed E-state index contributed by atoms with van der Waals surface area (Å²) in [4.78, 5) is 0.377. The van der Waals surface area contributed by atoms with Crippen molar-refractivity contribution in [2.24, 2.45) is 0 Å². The molecule has 5 nitrogen and oxygen atoms in total. The summed E-state index contributed by atoms with van der Waals surface area (Å²) in [6.07, 6.45) is 1.99. The molecule has 0 saturated heterocycles. The smallest absolute Gasteiger partial charge is 0.178 e. The Morgan fingerprint density at radius 2 is 1.76 bits per heavy atom. The average Bonchev–Trinajstić information content (AvgIpc) is 2.50. The van der Waals surface area contributed by atoms with Crippen LogP contribution in [0.2, 0.25) is 0 Å². The minimum Gasteiger partial charge on any atom is -0.385 e. The van der Waals surface area contributed by atoms with E-state index in [4.69, 9.17) is 9.47 Å². The Morgan fingerprint density at radius 3 is 2.38 bits per heavy atom. The molecule has 0 atom stereocenters. The number of methoxy groups -OCH3 is 1. The zero-order valence-corrected chi connectivity index (χ0v) is 13.6. The Kier molecular flexibility index (Phi) is 8.34. The molecule has 1 rings (SSSR count). The van der Waals surface area contributed by atoms with Crippen LogP contribution in [0.15, 0.2) is 29.2 Å². The van der Waals surface area contributed by atoms with E-state index in [0.29, 0.717) is 18.1 Å². The van der Waals surface area contributed by atoms with Gasteiger partial charge in [0.1, 0.15) is 0 Å². The number of unbranched alkanes of at least 4 members (excludes halogenated alkanes) is 1. The topological polar surface area (TPSA) is 64.6 Å². The van der Waals surface area contributed by atoms with E-state index in [1.54, 1.807) is 38.3 Å². The van der Waals surface area contributed by atoms with Crippen LogP contribution in [0.1, 0.15) is 19.8 Å². The van der Waals surface area contributed by atoms with Crippen LogP contribution in [0.5, 0.6) is 0 Å². The molecule has 0 aromatic heterocycles. The number of hydrogen-bond donors (Lipinski definition) is 1. The van der Waals surface area contributed by atoms with Crippen molar-refractivity contribution in [2.75, 3.05) is 44.5 Å². The van der Waals surface area contributed by atoms with Crippen LogP contribution in [-0.2, 0) is 19.3 Å². The second kappa shape index (κ2) is 9.76. The van der Waals surface area contributed by atoms with Crippen molar-refractivity contribution in [1.82, 2.24) is 0 Å². The van der Waals surface area contributed by atoms with Crippen molar-refractivity contribution in [1.29, 1.82) is 0 Å². The van der Waals surface area contributed by atoms with Gasteiger partial charge in [-0.3, -0.25) is 0 Å². The Labute approximate surface area is 127 Å². The second-order valence-electron chi connectivity index (χ2n) is 4.67. The maximum Gasteiger partial charge on any atom is 0.178 e. The molecule has 0 saturated carbocycles. The van der Waals surface area contributed by atoms with Crippen molar-refractivity contribution < 1.29 is 17.9 Å². The molecule has 0 unspecified atom stereocenters. The van der Waals surface area contributed by atoms with Gasteiger partial charge in [0.2, 0.25) is 0 Å². The third kappa shape index (κ3) is 6.93. The number of benzene rings is 1. The van der Waals surface area contributed by atoms with Gasteiger partial charge in [-0.05, 0) is 37.1 Å². The molecule has 1 aromatic carbocycles. The Bertz CT molecular complexity index is 485. The predicted molar refractivity (Wildman–Crippen MR) is 84.6 cm³/mol. The van der Waals surface area contributed by atoms with E-state index < -0.39 is 9.84 Å². The van der Waals surface area contributed by atoms with E-state index in [2.05, 4.69) is 5.32 Å². The number of hydrogen-bond acceptors (Lipinski definition) is 5. The maximum absolute atomic E-state index is 11.7. The molecule has 0 aliphatic rings. The van der Waals surface area contributed by atoms with Crippen LogP contribution in [0.4, 0.5) is 5.69 Å². The lowest BCUT2D eigenvalue weighted by Crippen LogP contribution is -2.07. The number of anilines is 1. The first-order valence-electron chi connectivity index (χ1n) is 7.23. The standard InChI is InChI=1S/C15H25NO4S/c1-3-21(17,18)15-8-6-14(7-9-15)16-10-4-5-11-20-13-12-19-2/h6-9,16H,3-5,10-13H2,1-2H3. The minimum absolute atomic E-state index is 0.128. The van der Waals surface area contributed by atoms with E-state index in [1.165, 1.54) is 0 Å². The van der Waals surface area contributed by atoms with Crippen LogP contribution in [0, 0.1) is 0 Å². The van der Waals surface area contributed by atoms with Gasteiger partial charge < -0.3 is 14.8 Å². The van der Waals surface area contributed by atoms with Gasteiger partial charge in [0.25, 0.3) is 0 Å². The molecule has 1 aromatic rings. The molecule has 6 heteroatoms. The van der Waals surface area contributed by atoms with Crippen LogP contribution < -0.4 is 5.32 Å². The van der Waals surface area contributed by atoms with Crippen LogP contribution >= 0.6 is 0 Å². The van der Waals surface area contributed by atoms with Gasteiger partial charge >= 0.3 is 0 Å². The van der Waals surface area contributed by atoms with Gasteiger partial charge in [-0.1, -0.05) is 6.92 Å². The fourth-order valence-corrected chi connectivity index (χ4v) is 2.64. The molecule has 0 radical (unpaired) electrons. The van der Waals surface area contributed by atoms with Crippen molar-refractivity contribution >= 4 is 15.5 Å². The Balaban J connectivity index is 2.22. The highest BCUT2D eigenvalue weighted by Crippen LogP contribution is 2.15. The molecule has 0 amide bonds. The first-order valence-corrected chi connectivity index (χ1v) is 8.88. The van der Waals surface area contributed by atoms with Gasteiger partial charge in [0.05, 0.1) is 23.9 Å². The molecule has 0 bridgehead atoms. The SMILES string of the molecule is CCS(=O)(=O)c1ccc(NCCCCOCCOC)cc1. The van der Waals surface area contributed by atoms with Gasteiger partial charge in [-0.2, -0.15) is 0 Å². The lowest BCUT2D eigenvalue weighted by atomic mass is 10.3.